The fourth-order valence-corrected chi connectivity index (χ4v) is 4.34. The zero-order valence-corrected chi connectivity index (χ0v) is 21.0. The molecule has 0 aliphatic heterocycles. The Kier molecular flexibility index (Phi) is 8.07. The van der Waals surface area contributed by atoms with Crippen LogP contribution in [0.5, 0.6) is 0 Å². The number of carbonyl (C=O) groups excluding carboxylic acids is 3. The first-order valence-corrected chi connectivity index (χ1v) is 11.7. The molecule has 3 aromatic rings. The van der Waals surface area contributed by atoms with Crippen molar-refractivity contribution in [3.63, 3.8) is 0 Å². The molecule has 2 aromatic carbocycles. The van der Waals surface area contributed by atoms with Gasteiger partial charge in [0.25, 0.3) is 5.91 Å². The molecule has 0 unspecified atom stereocenters. The first-order chi connectivity index (χ1) is 16.7. The van der Waals surface area contributed by atoms with E-state index in [0.29, 0.717) is 28.1 Å². The molecule has 1 aromatic heterocycles. The van der Waals surface area contributed by atoms with Crippen molar-refractivity contribution < 1.29 is 19.1 Å². The predicted molar refractivity (Wildman–Crippen MR) is 138 cm³/mol. The SMILES string of the molecule is C=CCN(C(=O)c1ccc(-c2ccccc2)cc1)[C@H](C)C(=O)c1c(C)c(C(=O)OCC)n(C)c1C. The van der Waals surface area contributed by atoms with Gasteiger partial charge in [0.1, 0.15) is 5.69 Å². The number of nitrogens with zero attached hydrogens (tertiary/aromatic N) is 2. The van der Waals surface area contributed by atoms with Gasteiger partial charge in [-0.3, -0.25) is 9.59 Å². The molecule has 0 spiro atoms. The van der Waals surface area contributed by atoms with E-state index in [9.17, 15) is 14.4 Å². The molecular weight excluding hydrogens is 440 g/mol. The number of ketones is 1. The molecule has 0 bridgehead atoms. The van der Waals surface area contributed by atoms with Gasteiger partial charge in [0, 0.05) is 30.4 Å². The quantitative estimate of drug-likeness (QED) is 0.238. The summed E-state index contributed by atoms with van der Waals surface area (Å²) >= 11 is 0. The number of esters is 1. The minimum Gasteiger partial charge on any atom is -0.461 e. The third-order valence-electron chi connectivity index (χ3n) is 6.32. The van der Waals surface area contributed by atoms with Crippen molar-refractivity contribution in [2.45, 2.75) is 33.7 Å². The standard InChI is InChI=1S/C29H32N2O4/c1-7-18-31(28(33)24-16-14-23(15-17-24)22-12-10-9-11-13-22)21(5)27(32)25-19(3)26(29(34)35-8-2)30(6)20(25)4/h7,9-17,21H,1,8,18H2,2-6H3/t21-/m1/s1. The maximum absolute atomic E-state index is 13.6. The van der Waals surface area contributed by atoms with Crippen LogP contribution in [0.4, 0.5) is 0 Å². The monoisotopic (exact) mass is 472 g/mol. The molecule has 0 fully saturated rings. The van der Waals surface area contributed by atoms with Crippen LogP contribution in [0.2, 0.25) is 0 Å². The van der Waals surface area contributed by atoms with Gasteiger partial charge in [-0.1, -0.05) is 48.5 Å². The summed E-state index contributed by atoms with van der Waals surface area (Å²) in [4.78, 5) is 41.0. The topological polar surface area (TPSA) is 68.6 Å². The highest BCUT2D eigenvalue weighted by atomic mass is 16.5. The smallest absolute Gasteiger partial charge is 0.355 e. The Morgan fingerprint density at radius 3 is 2.20 bits per heavy atom. The van der Waals surface area contributed by atoms with Crippen molar-refractivity contribution in [2.24, 2.45) is 7.05 Å². The van der Waals surface area contributed by atoms with Crippen LogP contribution in [0.25, 0.3) is 11.1 Å². The highest BCUT2D eigenvalue weighted by molar-refractivity contribution is 6.07. The summed E-state index contributed by atoms with van der Waals surface area (Å²) in [7, 11) is 1.73. The summed E-state index contributed by atoms with van der Waals surface area (Å²) in [5.41, 5.74) is 4.54. The number of benzene rings is 2. The summed E-state index contributed by atoms with van der Waals surface area (Å²) in [6, 6.07) is 16.5. The third kappa shape index (κ3) is 5.11. The summed E-state index contributed by atoms with van der Waals surface area (Å²) < 4.78 is 6.85. The Hall–Kier alpha value is -3.93. The Bertz CT molecular complexity index is 1240. The van der Waals surface area contributed by atoms with E-state index in [1.165, 1.54) is 4.90 Å². The lowest BCUT2D eigenvalue weighted by Gasteiger charge is -2.27. The molecular formula is C29H32N2O4. The maximum Gasteiger partial charge on any atom is 0.355 e. The fourth-order valence-electron chi connectivity index (χ4n) is 4.34. The first kappa shape index (κ1) is 25.7. The molecule has 0 radical (unpaired) electrons. The van der Waals surface area contributed by atoms with Crippen molar-refractivity contribution >= 4 is 17.7 Å². The Morgan fingerprint density at radius 2 is 1.63 bits per heavy atom. The molecule has 1 atom stereocenters. The largest absolute Gasteiger partial charge is 0.461 e. The van der Waals surface area contributed by atoms with E-state index < -0.39 is 12.0 Å². The van der Waals surface area contributed by atoms with Gasteiger partial charge in [-0.2, -0.15) is 0 Å². The number of Topliss-reactive ketones (excluding diaryl/α,β-unsaturated/α-hetero) is 1. The Labute approximate surface area is 206 Å². The van der Waals surface area contributed by atoms with Gasteiger partial charge in [-0.15, -0.1) is 6.58 Å². The molecule has 3 rings (SSSR count). The molecule has 182 valence electrons. The van der Waals surface area contributed by atoms with Gasteiger partial charge in [0.15, 0.2) is 5.78 Å². The molecule has 6 heteroatoms. The predicted octanol–water partition coefficient (Wildman–Crippen LogP) is 5.39. The molecule has 0 aliphatic rings. The van der Waals surface area contributed by atoms with Gasteiger partial charge in [0.2, 0.25) is 0 Å². The van der Waals surface area contributed by atoms with Gasteiger partial charge in [0.05, 0.1) is 12.6 Å². The number of hydrogen-bond donors (Lipinski definition) is 0. The summed E-state index contributed by atoms with van der Waals surface area (Å²) in [5, 5.41) is 0. The molecule has 35 heavy (non-hydrogen) atoms. The summed E-state index contributed by atoms with van der Waals surface area (Å²) in [5.74, 6) is -0.968. The number of ether oxygens (including phenoxy) is 1. The van der Waals surface area contributed by atoms with Gasteiger partial charge < -0.3 is 14.2 Å². The zero-order valence-electron chi connectivity index (χ0n) is 21.0. The van der Waals surface area contributed by atoms with E-state index in [4.69, 9.17) is 4.74 Å². The van der Waals surface area contributed by atoms with Crippen molar-refractivity contribution in [2.75, 3.05) is 13.2 Å². The summed E-state index contributed by atoms with van der Waals surface area (Å²) in [6.45, 7) is 11.2. The fraction of sp³-hybridized carbons (Fsp3) is 0.276. The van der Waals surface area contributed by atoms with Crippen LogP contribution in [0.15, 0.2) is 67.3 Å². The maximum atomic E-state index is 13.6. The lowest BCUT2D eigenvalue weighted by Crippen LogP contribution is -2.43. The van der Waals surface area contributed by atoms with Crippen molar-refractivity contribution in [3.8, 4) is 11.1 Å². The second kappa shape index (κ2) is 11.0. The van der Waals surface area contributed by atoms with Crippen molar-refractivity contribution in [1.29, 1.82) is 0 Å². The van der Waals surface area contributed by atoms with Crippen LogP contribution in [0, 0.1) is 13.8 Å². The Balaban J connectivity index is 1.91. The van der Waals surface area contributed by atoms with Crippen LogP contribution in [0.3, 0.4) is 0 Å². The highest BCUT2D eigenvalue weighted by Crippen LogP contribution is 2.26. The number of hydrogen-bond acceptors (Lipinski definition) is 4. The molecule has 0 N–H and O–H groups in total. The van der Waals surface area contributed by atoms with E-state index >= 15 is 0 Å². The summed E-state index contributed by atoms with van der Waals surface area (Å²) in [6.07, 6.45) is 1.61. The minimum atomic E-state index is -0.760. The molecule has 6 nitrogen and oxygen atoms in total. The lowest BCUT2D eigenvalue weighted by molar-refractivity contribution is 0.0513. The molecule has 0 saturated heterocycles. The zero-order chi connectivity index (χ0) is 25.7. The molecule has 0 saturated carbocycles. The lowest BCUT2D eigenvalue weighted by atomic mass is 9.98. The van der Waals surface area contributed by atoms with Gasteiger partial charge >= 0.3 is 5.97 Å². The van der Waals surface area contributed by atoms with Crippen LogP contribution in [0.1, 0.15) is 56.3 Å². The minimum absolute atomic E-state index is 0.210. The normalized spacial score (nSPS) is 11.6. The number of amides is 1. The van der Waals surface area contributed by atoms with E-state index in [0.717, 1.165) is 11.1 Å². The average Bonchev–Trinajstić information content (AvgIpc) is 3.09. The van der Waals surface area contributed by atoms with Crippen LogP contribution < -0.4 is 0 Å². The number of carbonyl (C=O) groups is 3. The van der Waals surface area contributed by atoms with Gasteiger partial charge in [-0.05, 0) is 56.5 Å². The third-order valence-corrected chi connectivity index (χ3v) is 6.32. The van der Waals surface area contributed by atoms with Crippen LogP contribution in [-0.4, -0.2) is 46.3 Å². The first-order valence-electron chi connectivity index (χ1n) is 11.7. The Morgan fingerprint density at radius 1 is 1.03 bits per heavy atom. The van der Waals surface area contributed by atoms with E-state index in [-0.39, 0.29) is 24.8 Å². The molecule has 0 aliphatic carbocycles. The average molecular weight is 473 g/mol. The number of rotatable bonds is 9. The van der Waals surface area contributed by atoms with Crippen molar-refractivity contribution in [3.05, 3.63) is 95.3 Å². The second-order valence-corrected chi connectivity index (χ2v) is 8.44. The number of aromatic nitrogens is 1. The van der Waals surface area contributed by atoms with Gasteiger partial charge in [-0.25, -0.2) is 4.79 Å². The molecule has 1 amide bonds. The second-order valence-electron chi connectivity index (χ2n) is 8.44. The van der Waals surface area contributed by atoms with E-state index in [1.54, 1.807) is 57.5 Å². The van der Waals surface area contributed by atoms with Crippen LogP contribution >= 0.6 is 0 Å². The highest BCUT2D eigenvalue weighted by Gasteiger charge is 2.32. The van der Waals surface area contributed by atoms with Crippen molar-refractivity contribution in [1.82, 2.24) is 9.47 Å². The van der Waals surface area contributed by atoms with E-state index in [2.05, 4.69) is 6.58 Å². The van der Waals surface area contributed by atoms with Crippen LogP contribution in [-0.2, 0) is 11.8 Å². The molecule has 1 heterocycles. The van der Waals surface area contributed by atoms with E-state index in [1.807, 2.05) is 42.5 Å².